The molecule has 1 aromatic rings. The van der Waals surface area contributed by atoms with Crippen LogP contribution in [0.3, 0.4) is 0 Å². The Labute approximate surface area is 123 Å². The molecule has 5 nitrogen and oxygen atoms in total. The van der Waals surface area contributed by atoms with Gasteiger partial charge in [-0.25, -0.2) is 0 Å². The molecule has 0 radical (unpaired) electrons. The van der Waals surface area contributed by atoms with Crippen LogP contribution < -0.4 is 5.32 Å². The van der Waals surface area contributed by atoms with Crippen LogP contribution in [-0.4, -0.2) is 16.9 Å². The number of carbonyl (C=O) groups is 1. The minimum absolute atomic E-state index is 0.0205. The fourth-order valence-electron chi connectivity index (χ4n) is 1.93. The summed E-state index contributed by atoms with van der Waals surface area (Å²) in [6.07, 6.45) is 1.92. The summed E-state index contributed by atoms with van der Waals surface area (Å²) < 4.78 is 0. The van der Waals surface area contributed by atoms with Crippen molar-refractivity contribution in [2.75, 3.05) is 0 Å². The molecule has 0 aromatic heterocycles. The molecule has 0 aliphatic carbocycles. The van der Waals surface area contributed by atoms with Gasteiger partial charge < -0.3 is 5.32 Å². The molecule has 2 atom stereocenters. The molecule has 0 aliphatic rings. The molecule has 2 unspecified atom stereocenters. The van der Waals surface area contributed by atoms with Gasteiger partial charge in [0.2, 0.25) is 0 Å². The third-order valence-corrected chi connectivity index (χ3v) is 3.55. The lowest BCUT2D eigenvalue weighted by molar-refractivity contribution is -0.384. The summed E-state index contributed by atoms with van der Waals surface area (Å²) in [5.41, 5.74) is -0.00834. The molecule has 1 aromatic carbocycles. The first kappa shape index (κ1) is 16.4. The standard InChI is InChI=1S/C14H19ClN2O3/c1-4-9(2)7-10(3)16-14(18)11-5-6-12(15)13(8-11)17(19)20/h5-6,8-10H,4,7H2,1-3H3,(H,16,18). The number of nitro benzene ring substituents is 1. The van der Waals surface area contributed by atoms with Crippen LogP contribution in [0.1, 0.15) is 44.0 Å². The zero-order valence-electron chi connectivity index (χ0n) is 11.9. The first-order valence-corrected chi connectivity index (χ1v) is 6.97. The van der Waals surface area contributed by atoms with E-state index in [2.05, 4.69) is 19.2 Å². The number of nitrogens with zero attached hydrogens (tertiary/aromatic N) is 1. The molecule has 20 heavy (non-hydrogen) atoms. The highest BCUT2D eigenvalue weighted by Gasteiger charge is 2.17. The van der Waals surface area contributed by atoms with E-state index >= 15 is 0 Å². The Morgan fingerprint density at radius 3 is 2.65 bits per heavy atom. The zero-order valence-corrected chi connectivity index (χ0v) is 12.6. The molecular weight excluding hydrogens is 280 g/mol. The Bertz CT molecular complexity index is 505. The van der Waals surface area contributed by atoms with Crippen molar-refractivity contribution in [3.8, 4) is 0 Å². The second-order valence-electron chi connectivity index (χ2n) is 5.05. The van der Waals surface area contributed by atoms with Gasteiger partial charge in [-0.3, -0.25) is 14.9 Å². The van der Waals surface area contributed by atoms with E-state index in [0.717, 1.165) is 12.8 Å². The molecule has 1 amide bonds. The summed E-state index contributed by atoms with van der Waals surface area (Å²) in [7, 11) is 0. The number of carbonyl (C=O) groups excluding carboxylic acids is 1. The molecule has 0 saturated heterocycles. The second kappa shape index (κ2) is 7.24. The molecule has 0 aliphatic heterocycles. The van der Waals surface area contributed by atoms with Gasteiger partial charge in [0.05, 0.1) is 4.92 Å². The van der Waals surface area contributed by atoms with Gasteiger partial charge in [0.1, 0.15) is 5.02 Å². The van der Waals surface area contributed by atoms with Crippen LogP contribution in [0.25, 0.3) is 0 Å². The fraction of sp³-hybridized carbons (Fsp3) is 0.500. The highest BCUT2D eigenvalue weighted by Crippen LogP contribution is 2.25. The van der Waals surface area contributed by atoms with Crippen molar-refractivity contribution < 1.29 is 9.72 Å². The van der Waals surface area contributed by atoms with Crippen molar-refractivity contribution in [3.63, 3.8) is 0 Å². The monoisotopic (exact) mass is 298 g/mol. The van der Waals surface area contributed by atoms with Gasteiger partial charge in [0.15, 0.2) is 0 Å². The number of hydrogen-bond donors (Lipinski definition) is 1. The first-order chi connectivity index (χ1) is 9.35. The van der Waals surface area contributed by atoms with E-state index in [1.807, 2.05) is 6.92 Å². The summed E-state index contributed by atoms with van der Waals surface area (Å²) >= 11 is 5.72. The summed E-state index contributed by atoms with van der Waals surface area (Å²) in [6.45, 7) is 6.14. The number of nitrogens with one attached hydrogen (secondary N) is 1. The maximum Gasteiger partial charge on any atom is 0.288 e. The van der Waals surface area contributed by atoms with Gasteiger partial charge in [-0.2, -0.15) is 0 Å². The molecule has 0 spiro atoms. The summed E-state index contributed by atoms with van der Waals surface area (Å²) in [5.74, 6) is 0.199. The minimum Gasteiger partial charge on any atom is -0.350 e. The van der Waals surface area contributed by atoms with E-state index in [-0.39, 0.29) is 28.2 Å². The number of rotatable bonds is 6. The predicted octanol–water partition coefficient (Wildman–Crippen LogP) is 3.80. The summed E-state index contributed by atoms with van der Waals surface area (Å²) in [6, 6.07) is 4.08. The SMILES string of the molecule is CCC(C)CC(C)NC(=O)c1ccc(Cl)c([N+](=O)[O-])c1. The molecule has 1 N–H and O–H groups in total. The molecule has 110 valence electrons. The molecule has 1 rings (SSSR count). The van der Waals surface area contributed by atoms with E-state index in [9.17, 15) is 14.9 Å². The number of benzene rings is 1. The topological polar surface area (TPSA) is 72.2 Å². The van der Waals surface area contributed by atoms with Gasteiger partial charge in [0, 0.05) is 17.7 Å². The Hall–Kier alpha value is -1.62. The third-order valence-electron chi connectivity index (χ3n) is 3.24. The van der Waals surface area contributed by atoms with Crippen LogP contribution >= 0.6 is 11.6 Å². The smallest absolute Gasteiger partial charge is 0.288 e. The maximum atomic E-state index is 12.0. The first-order valence-electron chi connectivity index (χ1n) is 6.60. The summed E-state index contributed by atoms with van der Waals surface area (Å²) in [5, 5.41) is 13.7. The Kier molecular flexibility index (Phi) is 5.95. The Morgan fingerprint density at radius 2 is 2.10 bits per heavy atom. The quantitative estimate of drug-likeness (QED) is 0.641. The van der Waals surface area contributed by atoms with Gasteiger partial charge >= 0.3 is 0 Å². The average molecular weight is 299 g/mol. The fourth-order valence-corrected chi connectivity index (χ4v) is 2.12. The van der Waals surface area contributed by atoms with Crippen molar-refractivity contribution in [3.05, 3.63) is 38.9 Å². The van der Waals surface area contributed by atoms with Crippen molar-refractivity contribution in [1.82, 2.24) is 5.32 Å². The van der Waals surface area contributed by atoms with Crippen molar-refractivity contribution >= 4 is 23.2 Å². The van der Waals surface area contributed by atoms with Crippen LogP contribution in [0.15, 0.2) is 18.2 Å². The minimum atomic E-state index is -0.596. The van der Waals surface area contributed by atoms with Crippen molar-refractivity contribution in [2.24, 2.45) is 5.92 Å². The van der Waals surface area contributed by atoms with Gasteiger partial charge in [-0.15, -0.1) is 0 Å². The van der Waals surface area contributed by atoms with E-state index in [1.165, 1.54) is 18.2 Å². The second-order valence-corrected chi connectivity index (χ2v) is 5.45. The van der Waals surface area contributed by atoms with Gasteiger partial charge in [-0.1, -0.05) is 31.9 Å². The van der Waals surface area contributed by atoms with Crippen LogP contribution in [0.2, 0.25) is 5.02 Å². The van der Waals surface area contributed by atoms with Crippen molar-refractivity contribution in [2.45, 2.75) is 39.7 Å². The van der Waals surface area contributed by atoms with Crippen LogP contribution in [0.4, 0.5) is 5.69 Å². The lowest BCUT2D eigenvalue weighted by atomic mass is 10.00. The van der Waals surface area contributed by atoms with E-state index in [0.29, 0.717) is 5.92 Å². The third kappa shape index (κ3) is 4.49. The van der Waals surface area contributed by atoms with Crippen LogP contribution in [-0.2, 0) is 0 Å². The molecule has 6 heteroatoms. The normalized spacial score (nSPS) is 13.6. The summed E-state index contributed by atoms with van der Waals surface area (Å²) in [4.78, 5) is 22.2. The highest BCUT2D eigenvalue weighted by molar-refractivity contribution is 6.32. The lowest BCUT2D eigenvalue weighted by Crippen LogP contribution is -2.33. The number of amides is 1. The number of nitro groups is 1. The zero-order chi connectivity index (χ0) is 15.3. The van der Waals surface area contributed by atoms with E-state index < -0.39 is 4.92 Å². The van der Waals surface area contributed by atoms with Crippen LogP contribution in [0, 0.1) is 16.0 Å². The van der Waals surface area contributed by atoms with E-state index in [1.54, 1.807) is 0 Å². The molecule has 0 heterocycles. The molecular formula is C14H19ClN2O3. The predicted molar refractivity (Wildman–Crippen MR) is 79.1 cm³/mol. The Morgan fingerprint density at radius 1 is 1.45 bits per heavy atom. The number of hydrogen-bond acceptors (Lipinski definition) is 3. The Balaban J connectivity index is 2.78. The maximum absolute atomic E-state index is 12.0. The molecule has 0 fully saturated rings. The largest absolute Gasteiger partial charge is 0.350 e. The average Bonchev–Trinajstić information content (AvgIpc) is 2.38. The van der Waals surface area contributed by atoms with Crippen LogP contribution in [0.5, 0.6) is 0 Å². The number of halogens is 1. The molecule has 0 bridgehead atoms. The lowest BCUT2D eigenvalue weighted by Gasteiger charge is -2.17. The van der Waals surface area contributed by atoms with E-state index in [4.69, 9.17) is 11.6 Å². The van der Waals surface area contributed by atoms with Gasteiger partial charge in [-0.05, 0) is 31.4 Å². The van der Waals surface area contributed by atoms with Gasteiger partial charge in [0.25, 0.3) is 11.6 Å². The van der Waals surface area contributed by atoms with Crippen molar-refractivity contribution in [1.29, 1.82) is 0 Å². The highest BCUT2D eigenvalue weighted by atomic mass is 35.5. The molecule has 0 saturated carbocycles.